The summed E-state index contributed by atoms with van der Waals surface area (Å²) in [6.45, 7) is 96.4. The van der Waals surface area contributed by atoms with E-state index in [1.807, 2.05) is 0 Å². The highest BCUT2D eigenvalue weighted by Crippen LogP contribution is 2.36. The van der Waals surface area contributed by atoms with E-state index in [1.165, 1.54) is 0 Å². The Bertz CT molecular complexity index is 2360. The van der Waals surface area contributed by atoms with Crippen molar-refractivity contribution in [2.45, 2.75) is 321 Å². The lowest BCUT2D eigenvalue weighted by molar-refractivity contribution is 0.220. The predicted octanol–water partition coefficient (Wildman–Crippen LogP) is 18.1. The molecule has 0 rings (SSSR count). The lowest BCUT2D eigenvalue weighted by Gasteiger charge is -2.45. The van der Waals surface area contributed by atoms with Crippen molar-refractivity contribution in [2.24, 2.45) is 0 Å². The summed E-state index contributed by atoms with van der Waals surface area (Å²) < 4.78 is 151. The molecule has 0 aliphatic heterocycles. The second kappa shape index (κ2) is 34.0. The van der Waals surface area contributed by atoms with E-state index in [0.29, 0.717) is 6.61 Å². The molecular weight excluding hydrogens is 1570 g/mol. The molecule has 22 nitrogen and oxygen atoms in total. The van der Waals surface area contributed by atoms with Gasteiger partial charge >= 0.3 is 180 Å². The van der Waals surface area contributed by atoms with Crippen LogP contribution in [0.3, 0.4) is 0 Å². The maximum atomic E-state index is 6.98. The van der Waals surface area contributed by atoms with Crippen molar-refractivity contribution in [1.29, 1.82) is 0 Å². The van der Waals surface area contributed by atoms with Gasteiger partial charge in [0.1, 0.15) is 0 Å². The van der Waals surface area contributed by atoms with E-state index in [4.69, 9.17) is 90.8 Å². The summed E-state index contributed by atoms with van der Waals surface area (Å²) >= 11 is 0. The molecule has 0 aliphatic rings. The van der Waals surface area contributed by atoms with Gasteiger partial charge in [0.2, 0.25) is 0 Å². The Labute approximate surface area is 601 Å². The fraction of sp³-hybridized carbons (Fsp3) is 1.00. The third kappa shape index (κ3) is 44.8. The summed E-state index contributed by atoms with van der Waals surface area (Å²) in [5.41, 5.74) is 0. The zero-order valence-corrected chi connectivity index (χ0v) is 90.8. The van der Waals surface area contributed by atoms with Crippen LogP contribution in [-0.2, 0) is 90.8 Å². The van der Waals surface area contributed by atoms with Crippen LogP contribution < -0.4 is 0 Å². The van der Waals surface area contributed by atoms with Crippen LogP contribution in [0.2, 0.25) is 294 Å². The van der Waals surface area contributed by atoms with E-state index in [1.54, 1.807) is 0 Å². The normalized spacial score (nSPS) is 16.0. The molecule has 0 saturated heterocycles. The molecule has 0 amide bonds. The number of hydrogen-bond acceptors (Lipinski definition) is 22. The molecule has 0 N–H and O–H groups in total. The standard InChI is InChI=1S/C50H146O22Si22/c1-47-49-51-74(5,6)53-76(9,10)55-78(13,14)57-80(17,18)59-82(21,22)61-84(25,26)63-86(29,30)65-88(33,34)67-90(37,38)69-92(41,42)71-94(45,46)72-93(43,44)70-91(39,40)68-89(35,36)66-87(31,32)64-85(27,28)62-83(23,24)60-81(19,20)58-79(15,16)56-77(11,12)54-75(7,8)52-73(3,4)50-48-2/h47-50H2,1-46H3. The van der Waals surface area contributed by atoms with Crippen LogP contribution in [0.15, 0.2) is 0 Å². The first-order valence-corrected chi connectivity index (χ1v) is 96.1. The summed E-state index contributed by atoms with van der Waals surface area (Å²) in [6, 6.07) is 1.10. The van der Waals surface area contributed by atoms with Crippen molar-refractivity contribution in [3.8, 4) is 0 Å². The van der Waals surface area contributed by atoms with Crippen molar-refractivity contribution in [2.75, 3.05) is 6.61 Å². The Morgan fingerprint density at radius 2 is 0.245 bits per heavy atom. The molecule has 566 valence electrons. The van der Waals surface area contributed by atoms with E-state index < -0.39 is 188 Å². The van der Waals surface area contributed by atoms with Crippen molar-refractivity contribution in [3.05, 3.63) is 0 Å². The lowest BCUT2D eigenvalue weighted by Crippen LogP contribution is -2.63. The van der Waals surface area contributed by atoms with E-state index in [9.17, 15) is 0 Å². The molecule has 0 spiro atoms. The van der Waals surface area contributed by atoms with Gasteiger partial charge in [-0.3, -0.25) is 0 Å². The second-order valence-corrected chi connectivity index (χ2v) is 115. The first-order chi connectivity index (χ1) is 40.5. The van der Waals surface area contributed by atoms with Crippen molar-refractivity contribution < 1.29 is 90.8 Å². The molecule has 0 aromatic carbocycles. The fourth-order valence-electron chi connectivity index (χ4n) is 14.0. The summed E-state index contributed by atoms with van der Waals surface area (Å²) in [5.74, 6) is 0. The van der Waals surface area contributed by atoms with Gasteiger partial charge in [-0.2, -0.15) is 0 Å². The highest BCUT2D eigenvalue weighted by molar-refractivity contribution is 6.97. The topological polar surface area (TPSA) is 203 Å². The van der Waals surface area contributed by atoms with Gasteiger partial charge in [-0.25, -0.2) is 0 Å². The summed E-state index contributed by atoms with van der Waals surface area (Å²) in [6.07, 6.45) is 2.04. The quantitative estimate of drug-likeness (QED) is 0.0520. The molecule has 0 atom stereocenters. The van der Waals surface area contributed by atoms with Crippen LogP contribution in [0.1, 0.15) is 26.7 Å². The largest absolute Gasteiger partial charge is 0.436 e. The summed E-state index contributed by atoms with van der Waals surface area (Å²) in [4.78, 5) is 0. The van der Waals surface area contributed by atoms with Gasteiger partial charge in [-0.05, 0) is 301 Å². The molecule has 0 unspecified atom stereocenters. The van der Waals surface area contributed by atoms with E-state index in [0.717, 1.165) is 18.9 Å². The van der Waals surface area contributed by atoms with Gasteiger partial charge in [-0.15, -0.1) is 0 Å². The van der Waals surface area contributed by atoms with Gasteiger partial charge in [-0.1, -0.05) is 20.3 Å². The highest BCUT2D eigenvalue weighted by atomic mass is 28.6. The van der Waals surface area contributed by atoms with E-state index in [2.05, 4.69) is 302 Å². The third-order valence-corrected chi connectivity index (χ3v) is 97.3. The Morgan fingerprint density at radius 1 is 0.138 bits per heavy atom. The zero-order valence-electron chi connectivity index (χ0n) is 68.8. The highest BCUT2D eigenvalue weighted by Gasteiger charge is 2.55. The smallest absolute Gasteiger partial charge is 0.322 e. The van der Waals surface area contributed by atoms with Gasteiger partial charge in [0.15, 0.2) is 8.32 Å². The minimum absolute atomic E-state index is 0.673. The fourth-order valence-corrected chi connectivity index (χ4v) is 127. The van der Waals surface area contributed by atoms with Crippen LogP contribution in [-0.4, -0.2) is 195 Å². The molecule has 0 heterocycles. The van der Waals surface area contributed by atoms with Gasteiger partial charge < -0.3 is 90.8 Å². The maximum Gasteiger partial charge on any atom is 0.322 e. The molecule has 0 radical (unpaired) electrons. The van der Waals surface area contributed by atoms with Crippen molar-refractivity contribution >= 4 is 188 Å². The Hall–Kier alpha value is 3.89. The number of rotatable bonds is 47. The minimum Gasteiger partial charge on any atom is -0.436 e. The molecule has 44 heteroatoms. The Kier molecular flexibility index (Phi) is 35.4. The minimum atomic E-state index is -2.89. The monoisotopic (exact) mass is 1710 g/mol. The molecule has 0 fully saturated rings. The lowest BCUT2D eigenvalue weighted by atomic mass is 10.5. The van der Waals surface area contributed by atoms with Crippen LogP contribution in [0.4, 0.5) is 0 Å². The van der Waals surface area contributed by atoms with Gasteiger partial charge in [0.25, 0.3) is 0 Å². The van der Waals surface area contributed by atoms with Crippen LogP contribution >= 0.6 is 0 Å². The molecule has 0 aromatic rings. The third-order valence-electron chi connectivity index (χ3n) is 11.9. The van der Waals surface area contributed by atoms with Crippen LogP contribution in [0, 0.1) is 0 Å². The van der Waals surface area contributed by atoms with E-state index in [-0.39, 0.29) is 0 Å². The average Bonchev–Trinajstić information content (AvgIpc) is 1.81. The Balaban J connectivity index is 5.87. The van der Waals surface area contributed by atoms with Crippen molar-refractivity contribution in [3.63, 3.8) is 0 Å². The second-order valence-electron chi connectivity index (χ2n) is 34.9. The molecule has 0 aromatic heterocycles. The SMILES string of the molecule is CCCO[Si](C)(C)O[Si](C)(C)O[Si](C)(C)O[Si](C)(C)O[Si](C)(C)O[Si](C)(C)O[Si](C)(C)O[Si](C)(C)O[Si](C)(C)O[Si](C)(C)O[Si](C)(C)O[Si](C)(C)O[Si](C)(C)O[Si](C)(C)O[Si](C)(C)O[Si](C)(C)O[Si](C)(C)O[Si](C)(C)O[Si](C)(C)O[Si](C)(C)O[Si](C)(C)O[Si](C)(C)CCC. The summed E-state index contributed by atoms with van der Waals surface area (Å²) in [5, 5.41) is 0. The van der Waals surface area contributed by atoms with Crippen molar-refractivity contribution in [1.82, 2.24) is 0 Å². The maximum absolute atomic E-state index is 6.98. The Morgan fingerprint density at radius 3 is 0.351 bits per heavy atom. The zero-order chi connectivity index (χ0) is 75.4. The molecule has 94 heavy (non-hydrogen) atoms. The van der Waals surface area contributed by atoms with Crippen LogP contribution in [0.5, 0.6) is 0 Å². The predicted molar refractivity (Wildman–Crippen MR) is 439 cm³/mol. The van der Waals surface area contributed by atoms with Gasteiger partial charge in [0, 0.05) is 6.61 Å². The first-order valence-electron chi connectivity index (χ1n) is 33.8. The van der Waals surface area contributed by atoms with Crippen LogP contribution in [0.25, 0.3) is 0 Å². The molecule has 0 bridgehead atoms. The van der Waals surface area contributed by atoms with E-state index >= 15 is 0 Å². The summed E-state index contributed by atoms with van der Waals surface area (Å²) in [7, 11) is -60.1. The molecule has 0 saturated carbocycles. The molecule has 0 aliphatic carbocycles. The molecular formula is C50H146O22Si22. The number of hydrogen-bond donors (Lipinski definition) is 0. The average molecular weight is 1720 g/mol. The first kappa shape index (κ1) is 97.9. The van der Waals surface area contributed by atoms with Gasteiger partial charge in [0.05, 0.1) is 0 Å².